The molecule has 0 spiro atoms. The van der Waals surface area contributed by atoms with Gasteiger partial charge in [-0.1, -0.05) is 29.3 Å². The molecule has 122 valence electrons. The molecule has 0 bridgehead atoms. The number of rotatable bonds is 5. The second-order valence-electron chi connectivity index (χ2n) is 4.90. The number of methoxy groups -OCH3 is 1. The molecule has 0 heterocycles. The van der Waals surface area contributed by atoms with Gasteiger partial charge in [-0.25, -0.2) is 8.42 Å². The lowest BCUT2D eigenvalue weighted by Crippen LogP contribution is -2.03. The van der Waals surface area contributed by atoms with E-state index in [9.17, 15) is 18.5 Å². The van der Waals surface area contributed by atoms with Crippen LogP contribution in [0.4, 0.5) is 11.4 Å². The van der Waals surface area contributed by atoms with E-state index in [0.717, 1.165) is 6.07 Å². The lowest BCUT2D eigenvalue weighted by molar-refractivity contribution is -0.385. The van der Waals surface area contributed by atoms with Gasteiger partial charge in [0.2, 0.25) is 0 Å². The number of nitrogens with zero attached hydrogens (tertiary/aromatic N) is 2. The molecule has 0 atom stereocenters. The molecule has 0 saturated carbocycles. The standard InChI is InChI=1S/C15H15N2O5S/c1-10-5-4-6-11(2)15(10)16-23(20,21)14-9-12(17(18)19)7-8-13(14)22-3/h4-9H,1-3H3/q-1. The van der Waals surface area contributed by atoms with Gasteiger partial charge in [0.15, 0.2) is 0 Å². The summed E-state index contributed by atoms with van der Waals surface area (Å²) in [6, 6.07) is 8.65. The fraction of sp³-hybridized carbons (Fsp3) is 0.200. The number of non-ortho nitro benzene ring substituents is 1. The molecule has 0 N–H and O–H groups in total. The van der Waals surface area contributed by atoms with Gasteiger partial charge in [0, 0.05) is 12.1 Å². The second kappa shape index (κ2) is 6.25. The van der Waals surface area contributed by atoms with Crippen LogP contribution in [-0.2, 0) is 10.0 Å². The van der Waals surface area contributed by atoms with Crippen molar-refractivity contribution in [2.24, 2.45) is 0 Å². The van der Waals surface area contributed by atoms with Crippen LogP contribution in [0, 0.1) is 24.0 Å². The Morgan fingerprint density at radius 1 is 1.13 bits per heavy atom. The third-order valence-electron chi connectivity index (χ3n) is 3.29. The molecular formula is C15H15N2O5S-. The number of hydrogen-bond acceptors (Lipinski definition) is 5. The third-order valence-corrected chi connectivity index (χ3v) is 4.58. The Labute approximate surface area is 134 Å². The number of nitro groups is 1. The quantitative estimate of drug-likeness (QED) is 0.613. The maximum Gasteiger partial charge on any atom is 0.270 e. The van der Waals surface area contributed by atoms with Gasteiger partial charge in [0.1, 0.15) is 20.7 Å². The SMILES string of the molecule is COc1ccc([N+](=O)[O-])cc1S(=O)(=O)[N-]c1c(C)cccc1C. The molecule has 7 nitrogen and oxygen atoms in total. The summed E-state index contributed by atoms with van der Waals surface area (Å²) in [6.45, 7) is 3.48. The van der Waals surface area contributed by atoms with Crippen molar-refractivity contribution in [1.29, 1.82) is 0 Å². The van der Waals surface area contributed by atoms with E-state index in [2.05, 4.69) is 4.72 Å². The molecule has 23 heavy (non-hydrogen) atoms. The van der Waals surface area contributed by atoms with Gasteiger partial charge in [-0.15, -0.1) is 5.69 Å². The third kappa shape index (κ3) is 3.42. The minimum Gasteiger partial charge on any atom is -0.572 e. The van der Waals surface area contributed by atoms with E-state index in [1.165, 1.54) is 19.2 Å². The molecule has 0 amide bonds. The molecule has 8 heteroatoms. The van der Waals surface area contributed by atoms with Crippen LogP contribution in [0.3, 0.4) is 0 Å². The van der Waals surface area contributed by atoms with E-state index in [4.69, 9.17) is 4.74 Å². The Morgan fingerprint density at radius 2 is 1.74 bits per heavy atom. The normalized spacial score (nSPS) is 11.1. The molecule has 0 aliphatic carbocycles. The van der Waals surface area contributed by atoms with Crippen LogP contribution >= 0.6 is 0 Å². The van der Waals surface area contributed by atoms with Gasteiger partial charge in [0.05, 0.1) is 12.0 Å². The lowest BCUT2D eigenvalue weighted by atomic mass is 10.1. The highest BCUT2D eigenvalue weighted by molar-refractivity contribution is 7.94. The molecule has 0 unspecified atom stereocenters. The van der Waals surface area contributed by atoms with Crippen molar-refractivity contribution in [3.8, 4) is 5.75 Å². The van der Waals surface area contributed by atoms with Crippen molar-refractivity contribution in [1.82, 2.24) is 0 Å². The number of benzene rings is 2. The Hall–Kier alpha value is -2.61. The van der Waals surface area contributed by atoms with Crippen molar-refractivity contribution < 1.29 is 18.1 Å². The highest BCUT2D eigenvalue weighted by Gasteiger charge is 2.18. The number of hydrogen-bond donors (Lipinski definition) is 0. The number of sulfonamides is 1. The van der Waals surface area contributed by atoms with E-state index in [0.29, 0.717) is 16.8 Å². The first-order chi connectivity index (χ1) is 10.8. The molecule has 2 rings (SSSR count). The minimum absolute atomic E-state index is 0.00517. The van der Waals surface area contributed by atoms with Crippen molar-refractivity contribution in [3.63, 3.8) is 0 Å². The average molecular weight is 335 g/mol. The summed E-state index contributed by atoms with van der Waals surface area (Å²) in [7, 11) is -2.87. The summed E-state index contributed by atoms with van der Waals surface area (Å²) in [4.78, 5) is 9.88. The van der Waals surface area contributed by atoms with Gasteiger partial charge >= 0.3 is 0 Å². The maximum absolute atomic E-state index is 12.6. The first-order valence-electron chi connectivity index (χ1n) is 6.63. The summed E-state index contributed by atoms with van der Waals surface area (Å²) in [5.74, 6) is 0.00517. The van der Waals surface area contributed by atoms with E-state index in [1.807, 2.05) is 0 Å². The maximum atomic E-state index is 12.6. The van der Waals surface area contributed by atoms with Crippen LogP contribution in [-0.4, -0.2) is 20.5 Å². The Bertz CT molecular complexity index is 842. The molecule has 0 radical (unpaired) electrons. The fourth-order valence-corrected chi connectivity index (χ4v) is 3.40. The fourth-order valence-electron chi connectivity index (χ4n) is 2.10. The summed E-state index contributed by atoms with van der Waals surface area (Å²) in [5, 5.41) is 10.9. The highest BCUT2D eigenvalue weighted by Crippen LogP contribution is 2.37. The van der Waals surface area contributed by atoms with Gasteiger partial charge in [-0.05, 0) is 19.9 Å². The Morgan fingerprint density at radius 3 is 2.26 bits per heavy atom. The van der Waals surface area contributed by atoms with Crippen LogP contribution in [0.25, 0.3) is 4.72 Å². The minimum atomic E-state index is -4.16. The van der Waals surface area contributed by atoms with E-state index in [-0.39, 0.29) is 16.3 Å². The predicted octanol–water partition coefficient (Wildman–Crippen LogP) is 3.61. The molecule has 2 aromatic carbocycles. The monoisotopic (exact) mass is 335 g/mol. The second-order valence-corrected chi connectivity index (χ2v) is 6.47. The molecule has 2 aromatic rings. The average Bonchev–Trinajstić information content (AvgIpc) is 2.50. The summed E-state index contributed by atoms with van der Waals surface area (Å²) < 4.78 is 34.0. The smallest absolute Gasteiger partial charge is 0.270 e. The largest absolute Gasteiger partial charge is 0.572 e. The van der Waals surface area contributed by atoms with Crippen LogP contribution < -0.4 is 4.74 Å². The lowest BCUT2D eigenvalue weighted by Gasteiger charge is -2.26. The van der Waals surface area contributed by atoms with Crippen molar-refractivity contribution >= 4 is 21.4 Å². The summed E-state index contributed by atoms with van der Waals surface area (Å²) in [6.07, 6.45) is 0. The Kier molecular flexibility index (Phi) is 4.55. The van der Waals surface area contributed by atoms with Crippen LogP contribution in [0.1, 0.15) is 11.1 Å². The van der Waals surface area contributed by atoms with E-state index in [1.54, 1.807) is 32.0 Å². The summed E-state index contributed by atoms with van der Waals surface area (Å²) in [5.41, 5.74) is 1.36. The predicted molar refractivity (Wildman–Crippen MR) is 85.8 cm³/mol. The van der Waals surface area contributed by atoms with Gasteiger partial charge in [-0.3, -0.25) is 10.1 Å². The number of ether oxygens (including phenoxy) is 1. The van der Waals surface area contributed by atoms with Crippen molar-refractivity contribution in [3.05, 3.63) is 62.4 Å². The van der Waals surface area contributed by atoms with E-state index >= 15 is 0 Å². The van der Waals surface area contributed by atoms with Crippen molar-refractivity contribution in [2.75, 3.05) is 7.11 Å². The van der Waals surface area contributed by atoms with Gasteiger partial charge in [0.25, 0.3) is 5.69 Å². The van der Waals surface area contributed by atoms with Gasteiger partial charge < -0.3 is 9.46 Å². The molecule has 0 aliphatic rings. The topological polar surface area (TPSA) is 101 Å². The molecule has 0 aliphatic heterocycles. The first-order valence-corrected chi connectivity index (χ1v) is 8.07. The molecule has 0 aromatic heterocycles. The summed E-state index contributed by atoms with van der Waals surface area (Å²) >= 11 is 0. The van der Waals surface area contributed by atoms with E-state index < -0.39 is 14.9 Å². The highest BCUT2D eigenvalue weighted by atomic mass is 32.2. The first kappa shape index (κ1) is 16.8. The molecule has 0 saturated heterocycles. The van der Waals surface area contributed by atoms with Crippen LogP contribution in [0.5, 0.6) is 5.75 Å². The molecular weight excluding hydrogens is 320 g/mol. The molecule has 0 fully saturated rings. The zero-order chi connectivity index (χ0) is 17.2. The van der Waals surface area contributed by atoms with Crippen LogP contribution in [0.2, 0.25) is 0 Å². The van der Waals surface area contributed by atoms with Gasteiger partial charge in [-0.2, -0.15) is 0 Å². The number of aryl methyl sites for hydroxylation is 2. The zero-order valence-electron chi connectivity index (χ0n) is 12.8. The van der Waals surface area contributed by atoms with Crippen LogP contribution in [0.15, 0.2) is 41.3 Å². The number of nitro benzene ring substituents is 1. The van der Waals surface area contributed by atoms with Crippen molar-refractivity contribution in [2.45, 2.75) is 18.7 Å². The zero-order valence-corrected chi connectivity index (χ0v) is 13.6. The Balaban J connectivity index is 2.55.